The van der Waals surface area contributed by atoms with Crippen molar-refractivity contribution in [1.82, 2.24) is 10.2 Å². The Labute approximate surface area is 123 Å². The minimum Gasteiger partial charge on any atom is -0.376 e. The first-order valence-corrected chi connectivity index (χ1v) is 7.74. The Morgan fingerprint density at radius 3 is 2.75 bits per heavy atom. The van der Waals surface area contributed by atoms with Crippen molar-refractivity contribution < 1.29 is 4.74 Å². The summed E-state index contributed by atoms with van der Waals surface area (Å²) in [5, 5.41) is 3.53. The van der Waals surface area contributed by atoms with Crippen LogP contribution in [0.3, 0.4) is 0 Å². The average molecular weight is 276 g/mol. The Balaban J connectivity index is 2.10. The topological polar surface area (TPSA) is 24.5 Å². The summed E-state index contributed by atoms with van der Waals surface area (Å²) in [7, 11) is 0. The number of hydrogen-bond donors (Lipinski definition) is 1. The van der Waals surface area contributed by atoms with Crippen molar-refractivity contribution in [2.45, 2.75) is 32.3 Å². The van der Waals surface area contributed by atoms with Gasteiger partial charge in [0.1, 0.15) is 0 Å². The van der Waals surface area contributed by atoms with Crippen molar-refractivity contribution >= 4 is 0 Å². The van der Waals surface area contributed by atoms with E-state index in [1.807, 2.05) is 0 Å². The first-order chi connectivity index (χ1) is 9.64. The molecule has 2 unspecified atom stereocenters. The smallest absolute Gasteiger partial charge is 0.0674 e. The SMILES string of the molecule is CCNCC(C)(CN1CCOC(C)C1)c1ccccc1. The zero-order valence-electron chi connectivity index (χ0n) is 13.1. The molecule has 20 heavy (non-hydrogen) atoms. The Kier molecular flexibility index (Phi) is 5.58. The Bertz CT molecular complexity index is 395. The standard InChI is InChI=1S/C17H28N2O/c1-4-18-13-17(3,16-8-6-5-7-9-16)14-19-10-11-20-15(2)12-19/h5-9,15,18H,4,10-14H2,1-3H3. The fourth-order valence-corrected chi connectivity index (χ4v) is 3.02. The van der Waals surface area contributed by atoms with E-state index in [4.69, 9.17) is 4.74 Å². The van der Waals surface area contributed by atoms with Crippen LogP contribution in [0.25, 0.3) is 0 Å². The van der Waals surface area contributed by atoms with E-state index in [0.29, 0.717) is 6.10 Å². The van der Waals surface area contributed by atoms with E-state index < -0.39 is 0 Å². The number of rotatable bonds is 6. The molecule has 1 aromatic carbocycles. The van der Waals surface area contributed by atoms with Crippen LogP contribution in [0, 0.1) is 0 Å². The van der Waals surface area contributed by atoms with Crippen LogP contribution in [0.4, 0.5) is 0 Å². The fourth-order valence-electron chi connectivity index (χ4n) is 3.02. The van der Waals surface area contributed by atoms with Gasteiger partial charge in [0.25, 0.3) is 0 Å². The third-order valence-corrected chi connectivity index (χ3v) is 4.13. The molecule has 0 spiro atoms. The van der Waals surface area contributed by atoms with Crippen molar-refractivity contribution in [1.29, 1.82) is 0 Å². The summed E-state index contributed by atoms with van der Waals surface area (Å²) in [6.45, 7) is 12.7. The van der Waals surface area contributed by atoms with E-state index in [1.165, 1.54) is 5.56 Å². The number of hydrogen-bond acceptors (Lipinski definition) is 3. The van der Waals surface area contributed by atoms with E-state index in [0.717, 1.165) is 39.3 Å². The number of likely N-dealkylation sites (N-methyl/N-ethyl adjacent to an activating group) is 1. The maximum Gasteiger partial charge on any atom is 0.0674 e. The minimum absolute atomic E-state index is 0.147. The summed E-state index contributed by atoms with van der Waals surface area (Å²) in [5.74, 6) is 0. The molecular weight excluding hydrogens is 248 g/mol. The number of benzene rings is 1. The lowest BCUT2D eigenvalue weighted by molar-refractivity contribution is -0.0246. The van der Waals surface area contributed by atoms with Crippen LogP contribution in [0.2, 0.25) is 0 Å². The summed E-state index contributed by atoms with van der Waals surface area (Å²) in [5.41, 5.74) is 1.56. The second-order valence-electron chi connectivity index (χ2n) is 6.12. The van der Waals surface area contributed by atoms with Crippen LogP contribution in [0.15, 0.2) is 30.3 Å². The molecule has 112 valence electrons. The van der Waals surface area contributed by atoms with E-state index >= 15 is 0 Å². The highest BCUT2D eigenvalue weighted by molar-refractivity contribution is 5.25. The molecule has 1 saturated heterocycles. The van der Waals surface area contributed by atoms with Crippen LogP contribution in [0.1, 0.15) is 26.3 Å². The van der Waals surface area contributed by atoms with Crippen molar-refractivity contribution in [2.75, 3.05) is 39.3 Å². The summed E-state index contributed by atoms with van der Waals surface area (Å²) >= 11 is 0. The lowest BCUT2D eigenvalue weighted by atomic mass is 9.81. The van der Waals surface area contributed by atoms with Gasteiger partial charge in [0.05, 0.1) is 12.7 Å². The maximum atomic E-state index is 5.65. The van der Waals surface area contributed by atoms with Gasteiger partial charge in [-0.1, -0.05) is 44.2 Å². The van der Waals surface area contributed by atoms with E-state index in [9.17, 15) is 0 Å². The molecule has 0 saturated carbocycles. The Morgan fingerprint density at radius 1 is 1.35 bits per heavy atom. The first kappa shape index (κ1) is 15.5. The van der Waals surface area contributed by atoms with Crippen LogP contribution in [-0.2, 0) is 10.2 Å². The lowest BCUT2D eigenvalue weighted by Gasteiger charge is -2.39. The van der Waals surface area contributed by atoms with E-state index in [2.05, 4.69) is 61.3 Å². The summed E-state index contributed by atoms with van der Waals surface area (Å²) in [6.07, 6.45) is 0.350. The molecule has 0 bridgehead atoms. The Morgan fingerprint density at radius 2 is 2.10 bits per heavy atom. The second kappa shape index (κ2) is 7.21. The van der Waals surface area contributed by atoms with Gasteiger partial charge < -0.3 is 10.1 Å². The molecule has 3 nitrogen and oxygen atoms in total. The van der Waals surface area contributed by atoms with E-state index in [-0.39, 0.29) is 5.41 Å². The van der Waals surface area contributed by atoms with Crippen molar-refractivity contribution in [2.24, 2.45) is 0 Å². The predicted molar refractivity (Wildman–Crippen MR) is 84.2 cm³/mol. The van der Waals surface area contributed by atoms with Gasteiger partial charge in [0.2, 0.25) is 0 Å². The van der Waals surface area contributed by atoms with Crippen molar-refractivity contribution in [3.05, 3.63) is 35.9 Å². The van der Waals surface area contributed by atoms with Crippen molar-refractivity contribution in [3.63, 3.8) is 0 Å². The third kappa shape index (κ3) is 4.05. The van der Waals surface area contributed by atoms with Gasteiger partial charge >= 0.3 is 0 Å². The number of nitrogens with zero attached hydrogens (tertiary/aromatic N) is 1. The van der Waals surface area contributed by atoms with Crippen LogP contribution in [-0.4, -0.2) is 50.3 Å². The number of morpholine rings is 1. The lowest BCUT2D eigenvalue weighted by Crippen LogP contribution is -2.50. The Hall–Kier alpha value is -0.900. The molecule has 0 radical (unpaired) electrons. The molecule has 1 heterocycles. The minimum atomic E-state index is 0.147. The highest BCUT2D eigenvalue weighted by Crippen LogP contribution is 2.25. The fraction of sp³-hybridized carbons (Fsp3) is 0.647. The molecule has 1 N–H and O–H groups in total. The van der Waals surface area contributed by atoms with Crippen LogP contribution in [0.5, 0.6) is 0 Å². The number of nitrogens with one attached hydrogen (secondary N) is 1. The van der Waals surface area contributed by atoms with Gasteiger partial charge in [-0.05, 0) is 19.0 Å². The van der Waals surface area contributed by atoms with Crippen LogP contribution < -0.4 is 5.32 Å². The molecule has 2 rings (SSSR count). The van der Waals surface area contributed by atoms with Gasteiger partial charge in [-0.15, -0.1) is 0 Å². The summed E-state index contributed by atoms with van der Waals surface area (Å²) in [4.78, 5) is 2.54. The normalized spacial score (nSPS) is 23.4. The summed E-state index contributed by atoms with van der Waals surface area (Å²) < 4.78 is 5.65. The second-order valence-corrected chi connectivity index (χ2v) is 6.12. The monoisotopic (exact) mass is 276 g/mol. The molecule has 0 amide bonds. The van der Waals surface area contributed by atoms with Crippen molar-refractivity contribution in [3.8, 4) is 0 Å². The number of ether oxygens (including phenoxy) is 1. The maximum absolute atomic E-state index is 5.65. The molecule has 1 fully saturated rings. The molecule has 2 atom stereocenters. The molecule has 1 aliphatic rings. The van der Waals surface area contributed by atoms with Gasteiger partial charge in [0.15, 0.2) is 0 Å². The quantitative estimate of drug-likeness (QED) is 0.862. The van der Waals surface area contributed by atoms with Crippen LogP contribution >= 0.6 is 0 Å². The summed E-state index contributed by atoms with van der Waals surface area (Å²) in [6, 6.07) is 10.9. The van der Waals surface area contributed by atoms with Gasteiger partial charge in [-0.2, -0.15) is 0 Å². The predicted octanol–water partition coefficient (Wildman–Crippen LogP) is 2.27. The molecular formula is C17H28N2O. The van der Waals surface area contributed by atoms with Gasteiger partial charge in [-0.3, -0.25) is 4.90 Å². The molecule has 1 aromatic rings. The zero-order valence-corrected chi connectivity index (χ0v) is 13.1. The molecule has 0 aromatic heterocycles. The largest absolute Gasteiger partial charge is 0.376 e. The zero-order chi connectivity index (χ0) is 14.4. The third-order valence-electron chi connectivity index (χ3n) is 4.13. The molecule has 0 aliphatic carbocycles. The highest BCUT2D eigenvalue weighted by Gasteiger charge is 2.30. The molecule has 3 heteroatoms. The van der Waals surface area contributed by atoms with Gasteiger partial charge in [-0.25, -0.2) is 0 Å². The molecule has 1 aliphatic heterocycles. The average Bonchev–Trinajstić information content (AvgIpc) is 2.46. The van der Waals surface area contributed by atoms with Gasteiger partial charge in [0, 0.05) is 31.6 Å². The first-order valence-electron chi connectivity index (χ1n) is 7.74. The van der Waals surface area contributed by atoms with E-state index in [1.54, 1.807) is 0 Å². The highest BCUT2D eigenvalue weighted by atomic mass is 16.5.